The van der Waals surface area contributed by atoms with Crippen LogP contribution in [0.15, 0.2) is 41.0 Å². The predicted octanol–water partition coefficient (Wildman–Crippen LogP) is 2.59. The highest BCUT2D eigenvalue weighted by Gasteiger charge is 2.43. The molecule has 0 aliphatic heterocycles. The number of hydrogen-bond acceptors (Lipinski definition) is 2. The highest BCUT2D eigenvalue weighted by molar-refractivity contribution is 9.10. The Labute approximate surface area is 119 Å². The maximum atomic E-state index is 12.0. The Bertz CT molecular complexity index is 582. The Morgan fingerprint density at radius 3 is 3.11 bits per heavy atom. The first kappa shape index (κ1) is 12.4. The summed E-state index contributed by atoms with van der Waals surface area (Å²) in [6, 6.07) is 10.0. The van der Waals surface area contributed by atoms with Gasteiger partial charge in [-0.1, -0.05) is 28.1 Å². The maximum Gasteiger partial charge on any atom is 0.224 e. The van der Waals surface area contributed by atoms with E-state index in [-0.39, 0.29) is 11.8 Å². The molecule has 1 fully saturated rings. The van der Waals surface area contributed by atoms with Crippen LogP contribution in [0.25, 0.3) is 0 Å². The van der Waals surface area contributed by atoms with Crippen molar-refractivity contribution in [1.82, 2.24) is 15.5 Å². The number of nitrogens with zero attached hydrogens (tertiary/aromatic N) is 1. The molecule has 98 valence electrons. The lowest BCUT2D eigenvalue weighted by molar-refractivity contribution is -0.122. The lowest BCUT2D eigenvalue weighted by Crippen LogP contribution is -2.25. The van der Waals surface area contributed by atoms with E-state index < -0.39 is 0 Å². The lowest BCUT2D eigenvalue weighted by atomic mass is 10.1. The minimum Gasteiger partial charge on any atom is -0.350 e. The Balaban J connectivity index is 1.56. The molecular weight excluding hydrogens is 306 g/mol. The molecule has 1 heterocycles. The van der Waals surface area contributed by atoms with E-state index in [0.717, 1.165) is 16.6 Å². The van der Waals surface area contributed by atoms with Crippen molar-refractivity contribution >= 4 is 21.8 Å². The molecule has 1 aromatic heterocycles. The van der Waals surface area contributed by atoms with Crippen LogP contribution in [0, 0.1) is 5.92 Å². The minimum atomic E-state index is 0.109. The van der Waals surface area contributed by atoms with Crippen molar-refractivity contribution in [2.75, 3.05) is 0 Å². The smallest absolute Gasteiger partial charge is 0.224 e. The molecule has 0 spiro atoms. The van der Waals surface area contributed by atoms with Crippen molar-refractivity contribution < 1.29 is 4.79 Å². The molecule has 0 saturated heterocycles. The van der Waals surface area contributed by atoms with Gasteiger partial charge in [0.25, 0.3) is 0 Å². The van der Waals surface area contributed by atoms with Crippen LogP contribution < -0.4 is 5.32 Å². The molecule has 2 aromatic rings. The van der Waals surface area contributed by atoms with Gasteiger partial charge in [0.2, 0.25) is 5.91 Å². The second-order valence-electron chi connectivity index (χ2n) is 4.80. The Morgan fingerprint density at radius 2 is 2.37 bits per heavy atom. The molecule has 5 heteroatoms. The summed E-state index contributed by atoms with van der Waals surface area (Å²) < 4.78 is 1.06. The molecule has 3 rings (SSSR count). The van der Waals surface area contributed by atoms with Crippen LogP contribution in [-0.4, -0.2) is 16.1 Å². The fraction of sp³-hybridized carbons (Fsp3) is 0.286. The van der Waals surface area contributed by atoms with Crippen molar-refractivity contribution in [3.63, 3.8) is 0 Å². The Kier molecular flexibility index (Phi) is 3.38. The van der Waals surface area contributed by atoms with Crippen LogP contribution in [-0.2, 0) is 11.3 Å². The number of benzene rings is 1. The lowest BCUT2D eigenvalue weighted by Gasteiger charge is -2.04. The first-order valence-electron chi connectivity index (χ1n) is 6.25. The number of H-pyrrole nitrogens is 1. The molecule has 0 radical (unpaired) electrons. The number of nitrogens with one attached hydrogen (secondary N) is 2. The molecule has 0 bridgehead atoms. The predicted molar refractivity (Wildman–Crippen MR) is 75.4 cm³/mol. The van der Waals surface area contributed by atoms with E-state index in [1.807, 2.05) is 18.2 Å². The summed E-state index contributed by atoms with van der Waals surface area (Å²) in [6.07, 6.45) is 2.62. The molecule has 1 aliphatic carbocycles. The normalized spacial score (nSPS) is 21.1. The zero-order valence-corrected chi connectivity index (χ0v) is 11.9. The molecule has 4 nitrogen and oxygen atoms in total. The number of aromatic nitrogens is 2. The van der Waals surface area contributed by atoms with Crippen molar-refractivity contribution in [3.8, 4) is 0 Å². The zero-order chi connectivity index (χ0) is 13.2. The largest absolute Gasteiger partial charge is 0.350 e. The van der Waals surface area contributed by atoms with Gasteiger partial charge in [0, 0.05) is 16.6 Å². The van der Waals surface area contributed by atoms with Crippen LogP contribution >= 0.6 is 15.9 Å². The van der Waals surface area contributed by atoms with E-state index in [1.165, 1.54) is 5.56 Å². The molecule has 1 amide bonds. The Hall–Kier alpha value is -1.62. The number of carbonyl (C=O) groups is 1. The van der Waals surface area contributed by atoms with Crippen molar-refractivity contribution in [2.45, 2.75) is 18.9 Å². The van der Waals surface area contributed by atoms with E-state index in [4.69, 9.17) is 0 Å². The molecule has 1 aromatic carbocycles. The molecular formula is C14H14BrN3O. The molecule has 0 unspecified atom stereocenters. The van der Waals surface area contributed by atoms with Gasteiger partial charge in [-0.3, -0.25) is 9.89 Å². The van der Waals surface area contributed by atoms with Crippen molar-refractivity contribution in [3.05, 3.63) is 52.3 Å². The van der Waals surface area contributed by atoms with Crippen LogP contribution in [0.4, 0.5) is 0 Å². The summed E-state index contributed by atoms with van der Waals surface area (Å²) >= 11 is 3.46. The summed E-state index contributed by atoms with van der Waals surface area (Å²) in [4.78, 5) is 12.0. The molecule has 1 saturated carbocycles. The van der Waals surface area contributed by atoms with Crippen LogP contribution in [0.3, 0.4) is 0 Å². The molecule has 2 N–H and O–H groups in total. The van der Waals surface area contributed by atoms with Crippen LogP contribution in [0.2, 0.25) is 0 Å². The van der Waals surface area contributed by atoms with Gasteiger partial charge in [-0.15, -0.1) is 0 Å². The third-order valence-electron chi connectivity index (χ3n) is 3.42. The third-order valence-corrected chi connectivity index (χ3v) is 3.91. The van der Waals surface area contributed by atoms with Gasteiger partial charge in [-0.25, -0.2) is 0 Å². The van der Waals surface area contributed by atoms with E-state index in [0.29, 0.717) is 12.5 Å². The zero-order valence-electron chi connectivity index (χ0n) is 10.3. The van der Waals surface area contributed by atoms with E-state index in [1.54, 1.807) is 6.20 Å². The van der Waals surface area contributed by atoms with Gasteiger partial charge >= 0.3 is 0 Å². The Morgan fingerprint density at radius 1 is 1.47 bits per heavy atom. The molecule has 2 atom stereocenters. The molecule has 19 heavy (non-hydrogen) atoms. The topological polar surface area (TPSA) is 57.8 Å². The first-order chi connectivity index (χ1) is 9.24. The average Bonchev–Trinajstić information content (AvgIpc) is 3.04. The van der Waals surface area contributed by atoms with E-state index >= 15 is 0 Å². The van der Waals surface area contributed by atoms with E-state index in [2.05, 4.69) is 43.6 Å². The number of carbonyl (C=O) groups excluding carboxylic acids is 1. The van der Waals surface area contributed by atoms with Crippen LogP contribution in [0.1, 0.15) is 23.6 Å². The average molecular weight is 320 g/mol. The third kappa shape index (κ3) is 2.87. The van der Waals surface area contributed by atoms with Gasteiger partial charge in [0.1, 0.15) is 0 Å². The highest BCUT2D eigenvalue weighted by atomic mass is 79.9. The number of hydrogen-bond donors (Lipinski definition) is 2. The monoisotopic (exact) mass is 319 g/mol. The summed E-state index contributed by atoms with van der Waals surface area (Å²) in [5, 5.41) is 9.62. The van der Waals surface area contributed by atoms with Gasteiger partial charge in [0.15, 0.2) is 0 Å². The van der Waals surface area contributed by atoms with Crippen LogP contribution in [0.5, 0.6) is 0 Å². The number of halogens is 1. The van der Waals surface area contributed by atoms with Crippen molar-refractivity contribution in [1.29, 1.82) is 0 Å². The fourth-order valence-corrected chi connectivity index (χ4v) is 2.70. The second kappa shape index (κ2) is 5.17. The SMILES string of the molecule is O=C(NCc1ccn[nH]1)[C@@H]1C[C@@H]1c1cccc(Br)c1. The van der Waals surface area contributed by atoms with Crippen molar-refractivity contribution in [2.24, 2.45) is 5.92 Å². The minimum absolute atomic E-state index is 0.109. The summed E-state index contributed by atoms with van der Waals surface area (Å²) in [6.45, 7) is 0.514. The number of aromatic amines is 1. The quantitative estimate of drug-likeness (QED) is 0.910. The molecule has 1 aliphatic rings. The van der Waals surface area contributed by atoms with Gasteiger partial charge in [0.05, 0.1) is 12.2 Å². The summed E-state index contributed by atoms with van der Waals surface area (Å²) in [7, 11) is 0. The summed E-state index contributed by atoms with van der Waals surface area (Å²) in [5.74, 6) is 0.594. The fourth-order valence-electron chi connectivity index (χ4n) is 2.29. The highest BCUT2D eigenvalue weighted by Crippen LogP contribution is 2.47. The first-order valence-corrected chi connectivity index (χ1v) is 7.05. The number of amides is 1. The second-order valence-corrected chi connectivity index (χ2v) is 5.72. The number of rotatable bonds is 4. The van der Waals surface area contributed by atoms with Gasteiger partial charge < -0.3 is 5.32 Å². The standard InChI is InChI=1S/C14H14BrN3O/c15-10-3-1-2-9(6-10)12-7-13(12)14(19)16-8-11-4-5-17-18-11/h1-6,12-13H,7-8H2,(H,16,19)(H,17,18)/t12-,13-/m1/s1. The van der Waals surface area contributed by atoms with E-state index in [9.17, 15) is 4.79 Å². The van der Waals surface area contributed by atoms with Gasteiger partial charge in [-0.05, 0) is 36.1 Å². The maximum absolute atomic E-state index is 12.0. The van der Waals surface area contributed by atoms with Gasteiger partial charge in [-0.2, -0.15) is 5.10 Å². The summed E-state index contributed by atoms with van der Waals surface area (Å²) in [5.41, 5.74) is 2.16.